The van der Waals surface area contributed by atoms with Crippen LogP contribution < -0.4 is 4.74 Å². The Labute approximate surface area is 74.2 Å². The van der Waals surface area contributed by atoms with E-state index in [1.165, 1.54) is 4.68 Å². The third kappa shape index (κ3) is 1.46. The van der Waals surface area contributed by atoms with Gasteiger partial charge < -0.3 is 4.74 Å². The number of methoxy groups -OCH3 is 1. The average Bonchev–Trinajstić information content (AvgIpc) is 2.71. The number of hydrogen-bond acceptors (Lipinski definition) is 5. The van der Waals surface area contributed by atoms with Gasteiger partial charge in [0.15, 0.2) is 0 Å². The van der Waals surface area contributed by atoms with Crippen LogP contribution in [0.15, 0.2) is 24.7 Å². The summed E-state index contributed by atoms with van der Waals surface area (Å²) in [6.45, 7) is 0. The first-order valence-corrected chi connectivity index (χ1v) is 3.64. The highest BCUT2D eigenvalue weighted by molar-refractivity contribution is 5.15. The molecule has 2 heterocycles. The summed E-state index contributed by atoms with van der Waals surface area (Å²) in [5, 5.41) is 7.39. The summed E-state index contributed by atoms with van der Waals surface area (Å²) in [4.78, 5) is 8.06. The van der Waals surface area contributed by atoms with Gasteiger partial charge >= 0.3 is 0 Å². The van der Waals surface area contributed by atoms with E-state index in [0.717, 1.165) is 0 Å². The second-order valence-electron chi connectivity index (χ2n) is 2.25. The first-order chi connectivity index (χ1) is 6.40. The molecule has 2 aromatic rings. The van der Waals surface area contributed by atoms with E-state index in [4.69, 9.17) is 4.74 Å². The van der Waals surface area contributed by atoms with Crippen LogP contribution in [0.4, 0.5) is 0 Å². The Morgan fingerprint density at radius 1 is 1.38 bits per heavy atom. The van der Waals surface area contributed by atoms with Crippen molar-refractivity contribution < 1.29 is 4.74 Å². The summed E-state index contributed by atoms with van der Waals surface area (Å²) in [6.07, 6.45) is 4.82. The molecule has 2 rings (SSSR count). The van der Waals surface area contributed by atoms with E-state index in [-0.39, 0.29) is 0 Å². The Hall–Kier alpha value is -1.98. The zero-order chi connectivity index (χ0) is 9.10. The molecule has 6 heteroatoms. The molecule has 0 saturated carbocycles. The average molecular weight is 177 g/mol. The Bertz CT molecular complexity index is 386. The highest BCUT2D eigenvalue weighted by Crippen LogP contribution is 2.05. The van der Waals surface area contributed by atoms with E-state index in [1.807, 2.05) is 0 Å². The number of rotatable bonds is 2. The van der Waals surface area contributed by atoms with Gasteiger partial charge in [0.2, 0.25) is 5.88 Å². The molecule has 0 unspecified atom stereocenters. The van der Waals surface area contributed by atoms with Crippen LogP contribution in [0.25, 0.3) is 5.95 Å². The minimum atomic E-state index is 0.442. The lowest BCUT2D eigenvalue weighted by Crippen LogP contribution is -2.02. The van der Waals surface area contributed by atoms with E-state index in [9.17, 15) is 0 Å². The first kappa shape index (κ1) is 7.66. The number of aromatic nitrogens is 5. The third-order valence-corrected chi connectivity index (χ3v) is 1.45. The van der Waals surface area contributed by atoms with Crippen LogP contribution in [0.5, 0.6) is 5.88 Å². The fraction of sp³-hybridized carbons (Fsp3) is 0.143. The van der Waals surface area contributed by atoms with Crippen molar-refractivity contribution in [2.24, 2.45) is 0 Å². The summed E-state index contributed by atoms with van der Waals surface area (Å²) in [5.41, 5.74) is 0. The van der Waals surface area contributed by atoms with Crippen LogP contribution in [0.3, 0.4) is 0 Å². The van der Waals surface area contributed by atoms with Gasteiger partial charge in [-0.15, -0.1) is 5.10 Å². The topological polar surface area (TPSA) is 65.7 Å². The third-order valence-electron chi connectivity index (χ3n) is 1.45. The van der Waals surface area contributed by atoms with Crippen molar-refractivity contribution >= 4 is 0 Å². The van der Waals surface area contributed by atoms with E-state index in [2.05, 4.69) is 20.3 Å². The molecule has 0 atom stereocenters. The lowest BCUT2D eigenvalue weighted by atomic mass is 10.6. The van der Waals surface area contributed by atoms with Gasteiger partial charge in [0.05, 0.1) is 19.5 Å². The maximum atomic E-state index is 4.94. The standard InChI is InChI=1S/C7H7N5O/c1-13-6-2-3-8-7(10-6)12-5-4-9-11-12/h2-5H,1H3. The van der Waals surface area contributed by atoms with Crippen LogP contribution in [-0.4, -0.2) is 32.1 Å². The van der Waals surface area contributed by atoms with E-state index in [0.29, 0.717) is 11.8 Å². The maximum Gasteiger partial charge on any atom is 0.255 e. The van der Waals surface area contributed by atoms with Crippen molar-refractivity contribution in [1.29, 1.82) is 0 Å². The van der Waals surface area contributed by atoms with Gasteiger partial charge in [-0.3, -0.25) is 0 Å². The zero-order valence-corrected chi connectivity index (χ0v) is 6.95. The van der Waals surface area contributed by atoms with E-state index < -0.39 is 0 Å². The minimum Gasteiger partial charge on any atom is -0.481 e. The normalized spacial score (nSPS) is 9.92. The first-order valence-electron chi connectivity index (χ1n) is 3.64. The molecule has 0 saturated heterocycles. The van der Waals surface area contributed by atoms with Gasteiger partial charge in [0, 0.05) is 12.3 Å². The predicted molar refractivity (Wildman–Crippen MR) is 43.5 cm³/mol. The molecule has 13 heavy (non-hydrogen) atoms. The van der Waals surface area contributed by atoms with Gasteiger partial charge in [-0.05, 0) is 0 Å². The molecule has 0 fully saturated rings. The molecule has 0 aliphatic rings. The van der Waals surface area contributed by atoms with Gasteiger partial charge in [0.25, 0.3) is 5.95 Å². The van der Waals surface area contributed by atoms with Crippen LogP contribution in [0, 0.1) is 0 Å². The van der Waals surface area contributed by atoms with Crippen LogP contribution in [0.1, 0.15) is 0 Å². The number of ether oxygens (including phenoxy) is 1. The lowest BCUT2D eigenvalue weighted by Gasteiger charge is -2.00. The molecule has 2 aromatic heterocycles. The Morgan fingerprint density at radius 2 is 2.31 bits per heavy atom. The molecule has 6 nitrogen and oxygen atoms in total. The zero-order valence-electron chi connectivity index (χ0n) is 6.95. The summed E-state index contributed by atoms with van der Waals surface area (Å²) >= 11 is 0. The smallest absolute Gasteiger partial charge is 0.255 e. The van der Waals surface area contributed by atoms with E-state index >= 15 is 0 Å². The quantitative estimate of drug-likeness (QED) is 0.649. The molecular formula is C7H7N5O. The fourth-order valence-electron chi connectivity index (χ4n) is 0.871. The molecule has 0 aliphatic carbocycles. The fourth-order valence-corrected chi connectivity index (χ4v) is 0.871. The van der Waals surface area contributed by atoms with Crippen molar-refractivity contribution in [2.45, 2.75) is 0 Å². The second-order valence-corrected chi connectivity index (χ2v) is 2.25. The Kier molecular flexibility index (Phi) is 1.87. The lowest BCUT2D eigenvalue weighted by molar-refractivity contribution is 0.395. The molecule has 0 radical (unpaired) electrons. The van der Waals surface area contributed by atoms with Gasteiger partial charge in [-0.2, -0.15) is 9.67 Å². The van der Waals surface area contributed by atoms with Crippen molar-refractivity contribution in [3.8, 4) is 11.8 Å². The maximum absolute atomic E-state index is 4.94. The van der Waals surface area contributed by atoms with Crippen molar-refractivity contribution in [1.82, 2.24) is 25.0 Å². The highest BCUT2D eigenvalue weighted by Gasteiger charge is 2.00. The number of nitrogens with zero attached hydrogens (tertiary/aromatic N) is 5. The molecule has 0 aliphatic heterocycles. The summed E-state index contributed by atoms with van der Waals surface area (Å²) in [7, 11) is 1.55. The van der Waals surface area contributed by atoms with E-state index in [1.54, 1.807) is 31.8 Å². The monoisotopic (exact) mass is 177 g/mol. The van der Waals surface area contributed by atoms with Gasteiger partial charge in [-0.1, -0.05) is 5.21 Å². The Balaban J connectivity index is 2.41. The van der Waals surface area contributed by atoms with Gasteiger partial charge in [0.1, 0.15) is 0 Å². The molecule has 0 aromatic carbocycles. The summed E-state index contributed by atoms with van der Waals surface area (Å²) < 4.78 is 6.40. The number of hydrogen-bond donors (Lipinski definition) is 0. The molecule has 0 amide bonds. The highest BCUT2D eigenvalue weighted by atomic mass is 16.5. The minimum absolute atomic E-state index is 0.442. The predicted octanol–water partition coefficient (Wildman–Crippen LogP) is 0.0659. The van der Waals surface area contributed by atoms with Crippen LogP contribution >= 0.6 is 0 Å². The SMILES string of the molecule is COc1ccnc(-n2ccnn2)n1. The molecule has 0 spiro atoms. The summed E-state index contributed by atoms with van der Waals surface area (Å²) in [5.74, 6) is 0.942. The largest absolute Gasteiger partial charge is 0.481 e. The Morgan fingerprint density at radius 3 is 3.00 bits per heavy atom. The van der Waals surface area contributed by atoms with Crippen LogP contribution in [0.2, 0.25) is 0 Å². The molecule has 66 valence electrons. The summed E-state index contributed by atoms with van der Waals surface area (Å²) in [6, 6.07) is 1.67. The van der Waals surface area contributed by atoms with Gasteiger partial charge in [-0.25, -0.2) is 4.98 Å². The van der Waals surface area contributed by atoms with Crippen molar-refractivity contribution in [3.05, 3.63) is 24.7 Å². The van der Waals surface area contributed by atoms with Crippen molar-refractivity contribution in [3.63, 3.8) is 0 Å². The van der Waals surface area contributed by atoms with Crippen LogP contribution in [-0.2, 0) is 0 Å². The molecule has 0 bridgehead atoms. The molecule has 0 N–H and O–H groups in total. The second kappa shape index (κ2) is 3.18. The van der Waals surface area contributed by atoms with Crippen molar-refractivity contribution in [2.75, 3.05) is 7.11 Å². The molecular weight excluding hydrogens is 170 g/mol.